The van der Waals surface area contributed by atoms with E-state index in [2.05, 4.69) is 25.7 Å². The van der Waals surface area contributed by atoms with Gasteiger partial charge in [0.25, 0.3) is 0 Å². The van der Waals surface area contributed by atoms with Gasteiger partial charge in [-0.2, -0.15) is 0 Å². The molecule has 2 rings (SSSR count). The van der Waals surface area contributed by atoms with Crippen molar-refractivity contribution in [3.63, 3.8) is 0 Å². The molecular weight excluding hydrogens is 270 g/mol. The van der Waals surface area contributed by atoms with E-state index in [1.165, 1.54) is 18.4 Å². The van der Waals surface area contributed by atoms with Crippen LogP contribution in [0.3, 0.4) is 0 Å². The van der Waals surface area contributed by atoms with Gasteiger partial charge in [-0.05, 0) is 45.2 Å². The number of halogens is 1. The zero-order valence-corrected chi connectivity index (χ0v) is 13.6. The Hall–Kier alpha value is -0.860. The van der Waals surface area contributed by atoms with Crippen molar-refractivity contribution >= 4 is 18.2 Å². The molecule has 1 aliphatic rings. The third kappa shape index (κ3) is 4.32. The van der Waals surface area contributed by atoms with Crippen molar-refractivity contribution in [2.45, 2.75) is 46.1 Å². The minimum atomic E-state index is 0. The Morgan fingerprint density at radius 1 is 1.15 bits per heavy atom. The van der Waals surface area contributed by atoms with Crippen LogP contribution in [0.15, 0.2) is 24.3 Å². The number of nitrogens with zero attached hydrogens (tertiary/aromatic N) is 1. The SMILES string of the molecule is Cc1ccc(C(=O)C(CC(C)C)N2CCCC2)cc1.Cl. The Morgan fingerprint density at radius 3 is 2.20 bits per heavy atom. The highest BCUT2D eigenvalue weighted by molar-refractivity contribution is 6.00. The maximum absolute atomic E-state index is 12.7. The molecule has 1 saturated heterocycles. The molecule has 0 radical (unpaired) electrons. The molecule has 0 aromatic heterocycles. The van der Waals surface area contributed by atoms with Crippen LogP contribution in [-0.2, 0) is 0 Å². The first-order valence-corrected chi connectivity index (χ1v) is 7.43. The summed E-state index contributed by atoms with van der Waals surface area (Å²) in [7, 11) is 0. The summed E-state index contributed by atoms with van der Waals surface area (Å²) < 4.78 is 0. The number of carbonyl (C=O) groups is 1. The minimum absolute atomic E-state index is 0. The van der Waals surface area contributed by atoms with E-state index >= 15 is 0 Å². The summed E-state index contributed by atoms with van der Waals surface area (Å²) in [6.07, 6.45) is 3.43. The third-order valence-electron chi connectivity index (χ3n) is 3.91. The van der Waals surface area contributed by atoms with Gasteiger partial charge < -0.3 is 0 Å². The summed E-state index contributed by atoms with van der Waals surface area (Å²) in [5.41, 5.74) is 2.07. The van der Waals surface area contributed by atoms with E-state index in [1.54, 1.807) is 0 Å². The van der Waals surface area contributed by atoms with Gasteiger partial charge in [0.15, 0.2) is 5.78 Å². The predicted molar refractivity (Wildman–Crippen MR) is 86.8 cm³/mol. The van der Waals surface area contributed by atoms with Crippen molar-refractivity contribution in [2.24, 2.45) is 5.92 Å². The van der Waals surface area contributed by atoms with Crippen LogP contribution in [0, 0.1) is 12.8 Å². The van der Waals surface area contributed by atoms with Gasteiger partial charge in [-0.1, -0.05) is 43.7 Å². The van der Waals surface area contributed by atoms with Gasteiger partial charge in [0.2, 0.25) is 0 Å². The fourth-order valence-electron chi connectivity index (χ4n) is 2.83. The summed E-state index contributed by atoms with van der Waals surface area (Å²) in [6.45, 7) is 8.61. The zero-order chi connectivity index (χ0) is 13.8. The van der Waals surface area contributed by atoms with Gasteiger partial charge in [-0.25, -0.2) is 0 Å². The Labute approximate surface area is 129 Å². The maximum atomic E-state index is 12.7. The van der Waals surface area contributed by atoms with Crippen LogP contribution in [0.2, 0.25) is 0 Å². The summed E-state index contributed by atoms with van der Waals surface area (Å²) in [5, 5.41) is 0. The predicted octanol–water partition coefficient (Wildman–Crippen LogP) is 4.11. The Bertz CT molecular complexity index is 421. The molecular formula is C17H26ClNO. The fourth-order valence-corrected chi connectivity index (χ4v) is 2.83. The van der Waals surface area contributed by atoms with Crippen molar-refractivity contribution < 1.29 is 4.79 Å². The molecule has 0 aliphatic carbocycles. The molecule has 0 spiro atoms. The number of Topliss-reactive ketones (excluding diaryl/α,β-unsaturated/α-hetero) is 1. The van der Waals surface area contributed by atoms with E-state index < -0.39 is 0 Å². The minimum Gasteiger partial charge on any atom is -0.293 e. The lowest BCUT2D eigenvalue weighted by molar-refractivity contribution is 0.0822. The lowest BCUT2D eigenvalue weighted by Gasteiger charge is -2.27. The van der Waals surface area contributed by atoms with E-state index in [9.17, 15) is 4.79 Å². The molecule has 1 aliphatic heterocycles. The number of hydrogen-bond donors (Lipinski definition) is 0. The van der Waals surface area contributed by atoms with Crippen molar-refractivity contribution in [1.82, 2.24) is 4.90 Å². The largest absolute Gasteiger partial charge is 0.293 e. The van der Waals surface area contributed by atoms with Crippen LogP contribution in [0.5, 0.6) is 0 Å². The van der Waals surface area contributed by atoms with Gasteiger partial charge >= 0.3 is 0 Å². The Morgan fingerprint density at radius 2 is 1.70 bits per heavy atom. The molecule has 1 atom stereocenters. The second-order valence-electron chi connectivity index (χ2n) is 6.12. The highest BCUT2D eigenvalue weighted by Crippen LogP contribution is 2.21. The average Bonchev–Trinajstić information content (AvgIpc) is 2.89. The number of likely N-dealkylation sites (tertiary alicyclic amines) is 1. The van der Waals surface area contributed by atoms with Gasteiger partial charge in [0.1, 0.15) is 0 Å². The van der Waals surface area contributed by atoms with Crippen LogP contribution in [0.1, 0.15) is 49.0 Å². The van der Waals surface area contributed by atoms with Crippen LogP contribution >= 0.6 is 12.4 Å². The summed E-state index contributed by atoms with van der Waals surface area (Å²) >= 11 is 0. The Balaban J connectivity index is 0.00000200. The molecule has 3 heteroatoms. The summed E-state index contributed by atoms with van der Waals surface area (Å²) in [6, 6.07) is 8.08. The molecule has 0 bridgehead atoms. The number of hydrogen-bond acceptors (Lipinski definition) is 2. The molecule has 1 aromatic carbocycles. The van der Waals surface area contributed by atoms with Crippen molar-refractivity contribution in [2.75, 3.05) is 13.1 Å². The molecule has 1 aromatic rings. The van der Waals surface area contributed by atoms with Gasteiger partial charge in [-0.15, -0.1) is 12.4 Å². The van der Waals surface area contributed by atoms with Crippen LogP contribution in [0.4, 0.5) is 0 Å². The molecule has 0 amide bonds. The average molecular weight is 296 g/mol. The number of aryl methyl sites for hydroxylation is 1. The fraction of sp³-hybridized carbons (Fsp3) is 0.588. The van der Waals surface area contributed by atoms with E-state index in [4.69, 9.17) is 0 Å². The molecule has 20 heavy (non-hydrogen) atoms. The first-order chi connectivity index (χ1) is 9.08. The molecule has 1 fully saturated rings. The molecule has 0 saturated carbocycles. The van der Waals surface area contributed by atoms with Crippen LogP contribution in [-0.4, -0.2) is 29.8 Å². The molecule has 1 unspecified atom stereocenters. The number of rotatable bonds is 5. The van der Waals surface area contributed by atoms with E-state index in [1.807, 2.05) is 24.3 Å². The smallest absolute Gasteiger partial charge is 0.179 e. The zero-order valence-electron chi connectivity index (χ0n) is 12.8. The first kappa shape index (κ1) is 17.2. The normalized spacial score (nSPS) is 17.0. The maximum Gasteiger partial charge on any atom is 0.179 e. The lowest BCUT2D eigenvalue weighted by Crippen LogP contribution is -2.40. The van der Waals surface area contributed by atoms with Crippen LogP contribution in [0.25, 0.3) is 0 Å². The lowest BCUT2D eigenvalue weighted by atomic mass is 9.94. The highest BCUT2D eigenvalue weighted by Gasteiger charge is 2.29. The molecule has 2 nitrogen and oxygen atoms in total. The number of benzene rings is 1. The second-order valence-corrected chi connectivity index (χ2v) is 6.12. The number of ketones is 1. The summed E-state index contributed by atoms with van der Waals surface area (Å²) in [5.74, 6) is 0.857. The molecule has 1 heterocycles. The van der Waals surface area contributed by atoms with Crippen molar-refractivity contribution in [3.8, 4) is 0 Å². The Kier molecular flexibility index (Phi) is 6.70. The topological polar surface area (TPSA) is 20.3 Å². The first-order valence-electron chi connectivity index (χ1n) is 7.43. The monoisotopic (exact) mass is 295 g/mol. The van der Waals surface area contributed by atoms with E-state index in [0.717, 1.165) is 25.1 Å². The quantitative estimate of drug-likeness (QED) is 0.762. The second kappa shape index (κ2) is 7.80. The highest BCUT2D eigenvalue weighted by atomic mass is 35.5. The summed E-state index contributed by atoms with van der Waals surface area (Å²) in [4.78, 5) is 15.1. The standard InChI is InChI=1S/C17H25NO.ClH/c1-13(2)12-16(18-10-4-5-11-18)17(19)15-8-6-14(3)7-9-15;/h6-9,13,16H,4-5,10-12H2,1-3H3;1H. The third-order valence-corrected chi connectivity index (χ3v) is 3.91. The number of carbonyl (C=O) groups excluding carboxylic acids is 1. The van der Waals surface area contributed by atoms with Gasteiger partial charge in [-0.3, -0.25) is 9.69 Å². The van der Waals surface area contributed by atoms with Gasteiger partial charge in [0.05, 0.1) is 6.04 Å². The van der Waals surface area contributed by atoms with Crippen molar-refractivity contribution in [3.05, 3.63) is 35.4 Å². The van der Waals surface area contributed by atoms with Crippen molar-refractivity contribution in [1.29, 1.82) is 0 Å². The molecule has 112 valence electrons. The van der Waals surface area contributed by atoms with Gasteiger partial charge in [0, 0.05) is 5.56 Å². The van der Waals surface area contributed by atoms with E-state index in [0.29, 0.717) is 11.7 Å². The van der Waals surface area contributed by atoms with Crippen LogP contribution < -0.4 is 0 Å². The molecule has 0 N–H and O–H groups in total. The van der Waals surface area contributed by atoms with E-state index in [-0.39, 0.29) is 18.4 Å².